The van der Waals surface area contributed by atoms with Gasteiger partial charge in [-0.1, -0.05) is 42.5 Å². The number of aliphatic hydroxyl groups is 1. The molecule has 1 amide bonds. The molecule has 1 aliphatic heterocycles. The number of benzene rings is 2. The first-order valence-electron chi connectivity index (χ1n) is 7.59. The average Bonchev–Trinajstić information content (AvgIpc) is 2.99. The summed E-state index contributed by atoms with van der Waals surface area (Å²) in [4.78, 5) is 24.4. The summed E-state index contributed by atoms with van der Waals surface area (Å²) in [6, 6.07) is 15.7. The highest BCUT2D eigenvalue weighted by molar-refractivity contribution is 5.82. The molecular formula is C18H17NO5. The van der Waals surface area contributed by atoms with Gasteiger partial charge in [0, 0.05) is 6.42 Å². The van der Waals surface area contributed by atoms with Crippen molar-refractivity contribution >= 4 is 12.1 Å². The molecule has 6 nitrogen and oxygen atoms in total. The van der Waals surface area contributed by atoms with Crippen LogP contribution in [0.1, 0.15) is 6.42 Å². The maximum atomic E-state index is 12.2. The molecule has 6 heteroatoms. The third kappa shape index (κ3) is 3.38. The van der Waals surface area contributed by atoms with Crippen molar-refractivity contribution < 1.29 is 24.5 Å². The van der Waals surface area contributed by atoms with E-state index < -0.39 is 24.2 Å². The Balaban J connectivity index is 1.70. The fourth-order valence-corrected chi connectivity index (χ4v) is 2.76. The van der Waals surface area contributed by atoms with Gasteiger partial charge in [-0.25, -0.2) is 9.59 Å². The summed E-state index contributed by atoms with van der Waals surface area (Å²) >= 11 is 0. The topological polar surface area (TPSA) is 87.1 Å². The molecule has 0 saturated carbocycles. The number of carbonyl (C=O) groups is 2. The first kappa shape index (κ1) is 16.0. The van der Waals surface area contributed by atoms with Crippen molar-refractivity contribution in [2.24, 2.45) is 0 Å². The summed E-state index contributed by atoms with van der Waals surface area (Å²) in [5.74, 6) is -0.826. The highest BCUT2D eigenvalue weighted by Gasteiger charge is 2.40. The van der Waals surface area contributed by atoms with Crippen molar-refractivity contribution in [3.8, 4) is 16.9 Å². The SMILES string of the molecule is O=C(O)C1CC(O)CN1C(=O)Oc1ccc(-c2ccccc2)cc1. The number of hydrogen-bond donors (Lipinski definition) is 2. The number of nitrogens with zero attached hydrogens (tertiary/aromatic N) is 1. The second-order valence-corrected chi connectivity index (χ2v) is 5.65. The fraction of sp³-hybridized carbons (Fsp3) is 0.222. The quantitative estimate of drug-likeness (QED) is 0.904. The van der Waals surface area contributed by atoms with E-state index in [9.17, 15) is 14.7 Å². The average molecular weight is 327 g/mol. The van der Waals surface area contributed by atoms with E-state index in [0.29, 0.717) is 5.75 Å². The van der Waals surface area contributed by atoms with Gasteiger partial charge in [0.1, 0.15) is 11.8 Å². The van der Waals surface area contributed by atoms with E-state index in [4.69, 9.17) is 9.84 Å². The van der Waals surface area contributed by atoms with Crippen molar-refractivity contribution in [3.63, 3.8) is 0 Å². The fourth-order valence-electron chi connectivity index (χ4n) is 2.76. The number of carboxylic acids is 1. The van der Waals surface area contributed by atoms with Crippen LogP contribution in [0, 0.1) is 0 Å². The van der Waals surface area contributed by atoms with E-state index >= 15 is 0 Å². The van der Waals surface area contributed by atoms with Gasteiger partial charge in [-0.15, -0.1) is 0 Å². The third-order valence-electron chi connectivity index (χ3n) is 3.97. The Bertz CT molecular complexity index is 729. The molecule has 1 fully saturated rings. The van der Waals surface area contributed by atoms with Crippen molar-refractivity contribution in [1.29, 1.82) is 0 Å². The number of rotatable bonds is 3. The number of amides is 1. The molecule has 2 aromatic carbocycles. The minimum absolute atomic E-state index is 0.0113. The van der Waals surface area contributed by atoms with Crippen LogP contribution in [0.2, 0.25) is 0 Å². The van der Waals surface area contributed by atoms with Crippen molar-refractivity contribution in [2.45, 2.75) is 18.6 Å². The van der Waals surface area contributed by atoms with Crippen molar-refractivity contribution in [3.05, 3.63) is 54.6 Å². The largest absolute Gasteiger partial charge is 0.480 e. The van der Waals surface area contributed by atoms with Gasteiger partial charge in [0.05, 0.1) is 12.6 Å². The molecule has 24 heavy (non-hydrogen) atoms. The second kappa shape index (κ2) is 6.72. The zero-order chi connectivity index (χ0) is 17.1. The minimum atomic E-state index is -1.15. The summed E-state index contributed by atoms with van der Waals surface area (Å²) in [6.07, 6.45) is -1.61. The maximum absolute atomic E-state index is 12.2. The first-order chi connectivity index (χ1) is 11.5. The van der Waals surface area contributed by atoms with Crippen LogP contribution in [0.4, 0.5) is 4.79 Å². The van der Waals surface area contributed by atoms with Crippen LogP contribution >= 0.6 is 0 Å². The summed E-state index contributed by atoms with van der Waals surface area (Å²) in [6.45, 7) is -0.0438. The van der Waals surface area contributed by atoms with Gasteiger partial charge >= 0.3 is 12.1 Å². The van der Waals surface area contributed by atoms with Crippen LogP contribution in [0.3, 0.4) is 0 Å². The molecule has 124 valence electrons. The van der Waals surface area contributed by atoms with E-state index in [2.05, 4.69) is 0 Å². The molecule has 2 aromatic rings. The molecule has 0 spiro atoms. The molecule has 2 unspecified atom stereocenters. The Morgan fingerprint density at radius 1 is 1.00 bits per heavy atom. The van der Waals surface area contributed by atoms with Crippen LogP contribution in [0.25, 0.3) is 11.1 Å². The monoisotopic (exact) mass is 327 g/mol. The van der Waals surface area contributed by atoms with Crippen molar-refractivity contribution in [2.75, 3.05) is 6.54 Å². The third-order valence-corrected chi connectivity index (χ3v) is 3.97. The number of aliphatic hydroxyl groups excluding tert-OH is 1. The number of carboxylic acid groups (broad SMARTS) is 1. The Hall–Kier alpha value is -2.86. The lowest BCUT2D eigenvalue weighted by molar-refractivity contribution is -0.141. The number of hydrogen-bond acceptors (Lipinski definition) is 4. The van der Waals surface area contributed by atoms with Crippen LogP contribution in [-0.4, -0.2) is 45.9 Å². The minimum Gasteiger partial charge on any atom is -0.480 e. The van der Waals surface area contributed by atoms with Gasteiger partial charge in [0.15, 0.2) is 0 Å². The Morgan fingerprint density at radius 2 is 1.62 bits per heavy atom. The van der Waals surface area contributed by atoms with E-state index in [1.165, 1.54) is 0 Å². The zero-order valence-corrected chi connectivity index (χ0v) is 12.8. The summed E-state index contributed by atoms with van der Waals surface area (Å²) in [5, 5.41) is 18.7. The Labute approximate surface area is 138 Å². The van der Waals surface area contributed by atoms with E-state index in [0.717, 1.165) is 16.0 Å². The molecule has 2 atom stereocenters. The first-order valence-corrected chi connectivity index (χ1v) is 7.59. The Morgan fingerprint density at radius 3 is 2.25 bits per heavy atom. The molecule has 3 rings (SSSR count). The summed E-state index contributed by atoms with van der Waals surface area (Å²) in [5.41, 5.74) is 2.03. The highest BCUT2D eigenvalue weighted by Crippen LogP contribution is 2.24. The molecule has 0 aromatic heterocycles. The van der Waals surface area contributed by atoms with Crippen molar-refractivity contribution in [1.82, 2.24) is 4.90 Å². The molecular weight excluding hydrogens is 310 g/mol. The lowest BCUT2D eigenvalue weighted by Crippen LogP contribution is -2.42. The lowest BCUT2D eigenvalue weighted by Gasteiger charge is -2.20. The number of carbonyl (C=O) groups excluding carboxylic acids is 1. The van der Waals surface area contributed by atoms with Gasteiger partial charge in [-0.2, -0.15) is 0 Å². The number of ether oxygens (including phenoxy) is 1. The predicted molar refractivity (Wildman–Crippen MR) is 86.7 cm³/mol. The highest BCUT2D eigenvalue weighted by atomic mass is 16.6. The molecule has 1 heterocycles. The smallest absolute Gasteiger partial charge is 0.416 e. The van der Waals surface area contributed by atoms with E-state index in [1.54, 1.807) is 12.1 Å². The normalized spacial score (nSPS) is 20.0. The van der Waals surface area contributed by atoms with Gasteiger partial charge in [0.2, 0.25) is 0 Å². The second-order valence-electron chi connectivity index (χ2n) is 5.65. The molecule has 0 bridgehead atoms. The van der Waals surface area contributed by atoms with Crippen LogP contribution in [-0.2, 0) is 4.79 Å². The molecule has 1 aliphatic rings. The lowest BCUT2D eigenvalue weighted by atomic mass is 10.1. The molecule has 1 saturated heterocycles. The molecule has 0 aliphatic carbocycles. The van der Waals surface area contributed by atoms with Crippen LogP contribution in [0.5, 0.6) is 5.75 Å². The summed E-state index contributed by atoms with van der Waals surface area (Å²) < 4.78 is 5.23. The Kier molecular flexibility index (Phi) is 4.48. The van der Waals surface area contributed by atoms with Gasteiger partial charge in [0.25, 0.3) is 0 Å². The molecule has 0 radical (unpaired) electrons. The summed E-state index contributed by atoms with van der Waals surface area (Å²) in [7, 11) is 0. The number of likely N-dealkylation sites (tertiary alicyclic amines) is 1. The van der Waals surface area contributed by atoms with Crippen LogP contribution in [0.15, 0.2) is 54.6 Å². The van der Waals surface area contributed by atoms with Gasteiger partial charge in [-0.05, 0) is 23.3 Å². The standard InChI is InChI=1S/C18H17NO5/c20-14-10-16(17(21)22)19(11-14)18(23)24-15-8-6-13(7-9-15)12-4-2-1-3-5-12/h1-9,14,16,20H,10-11H2,(H,21,22). The van der Waals surface area contributed by atoms with E-state index in [1.807, 2.05) is 42.5 Å². The van der Waals surface area contributed by atoms with Gasteiger partial charge in [-0.3, -0.25) is 4.90 Å². The van der Waals surface area contributed by atoms with Gasteiger partial charge < -0.3 is 14.9 Å². The number of β-amino-alcohol motifs (C(OH)–C–C–N with tert-alkyl or cyclic N) is 1. The maximum Gasteiger partial charge on any atom is 0.416 e. The predicted octanol–water partition coefficient (Wildman–Crippen LogP) is 2.37. The van der Waals surface area contributed by atoms with Crippen LogP contribution < -0.4 is 4.74 Å². The molecule has 2 N–H and O–H groups in total. The zero-order valence-electron chi connectivity index (χ0n) is 12.8. The van der Waals surface area contributed by atoms with E-state index in [-0.39, 0.29) is 13.0 Å². The number of aliphatic carboxylic acids is 1.